The second-order valence-corrected chi connectivity index (χ2v) is 5.19. The van der Waals surface area contributed by atoms with Crippen molar-refractivity contribution in [3.05, 3.63) is 35.5 Å². The number of benzene rings is 1. The third-order valence-corrected chi connectivity index (χ3v) is 3.95. The van der Waals surface area contributed by atoms with Gasteiger partial charge in [-0.25, -0.2) is 4.79 Å². The minimum Gasteiger partial charge on any atom is -0.477 e. The first-order chi connectivity index (χ1) is 9.25. The summed E-state index contributed by atoms with van der Waals surface area (Å²) in [4.78, 5) is 14.3. The van der Waals surface area contributed by atoms with Gasteiger partial charge >= 0.3 is 5.97 Å². The Morgan fingerprint density at radius 2 is 2.05 bits per heavy atom. The topological polar surface area (TPSA) is 65.1 Å². The highest BCUT2D eigenvalue weighted by Crippen LogP contribution is 2.24. The third-order valence-electron chi connectivity index (χ3n) is 3.95. The van der Waals surface area contributed by atoms with Gasteiger partial charge in [-0.05, 0) is 18.9 Å². The number of hydrogen-bond acceptors (Lipinski definition) is 2. The van der Waals surface area contributed by atoms with Gasteiger partial charge in [0.15, 0.2) is 0 Å². The summed E-state index contributed by atoms with van der Waals surface area (Å²) in [5.74, 6) is -0.889. The number of H-pyrrole nitrogens is 1. The van der Waals surface area contributed by atoms with Crippen molar-refractivity contribution in [1.82, 2.24) is 10.3 Å². The molecule has 0 bridgehead atoms. The van der Waals surface area contributed by atoms with Crippen LogP contribution in [-0.4, -0.2) is 22.1 Å². The molecule has 1 heterocycles. The predicted molar refractivity (Wildman–Crippen MR) is 74.4 cm³/mol. The Morgan fingerprint density at radius 1 is 1.32 bits per heavy atom. The van der Waals surface area contributed by atoms with Gasteiger partial charge in [-0.3, -0.25) is 0 Å². The molecule has 1 aromatic carbocycles. The summed E-state index contributed by atoms with van der Waals surface area (Å²) in [5, 5.41) is 13.8. The minimum atomic E-state index is -0.889. The Kier molecular flexibility index (Phi) is 3.25. The first kappa shape index (κ1) is 12.2. The van der Waals surface area contributed by atoms with Crippen LogP contribution in [0.3, 0.4) is 0 Å². The first-order valence-corrected chi connectivity index (χ1v) is 6.82. The van der Waals surface area contributed by atoms with E-state index in [0.29, 0.717) is 18.3 Å². The van der Waals surface area contributed by atoms with Crippen molar-refractivity contribution in [3.8, 4) is 0 Å². The molecule has 1 saturated carbocycles. The van der Waals surface area contributed by atoms with Crippen molar-refractivity contribution in [1.29, 1.82) is 0 Å². The van der Waals surface area contributed by atoms with E-state index in [2.05, 4.69) is 10.3 Å². The zero-order valence-electron chi connectivity index (χ0n) is 10.8. The lowest BCUT2D eigenvalue weighted by atomic mass is 10.1. The Labute approximate surface area is 111 Å². The Morgan fingerprint density at radius 3 is 2.79 bits per heavy atom. The van der Waals surface area contributed by atoms with Crippen LogP contribution in [-0.2, 0) is 6.54 Å². The van der Waals surface area contributed by atoms with Crippen LogP contribution < -0.4 is 5.32 Å². The highest BCUT2D eigenvalue weighted by atomic mass is 16.4. The SMILES string of the molecule is O=C(O)c1[nH]c2ccccc2c1CNC1CCCC1. The molecule has 2 aromatic rings. The molecule has 3 N–H and O–H groups in total. The molecule has 0 radical (unpaired) electrons. The maximum Gasteiger partial charge on any atom is 0.352 e. The van der Waals surface area contributed by atoms with Gasteiger partial charge in [-0.2, -0.15) is 0 Å². The van der Waals surface area contributed by atoms with E-state index in [-0.39, 0.29) is 0 Å². The minimum absolute atomic E-state index is 0.312. The fraction of sp³-hybridized carbons (Fsp3) is 0.400. The van der Waals surface area contributed by atoms with Crippen LogP contribution in [0.15, 0.2) is 24.3 Å². The number of nitrogens with one attached hydrogen (secondary N) is 2. The molecule has 1 aromatic heterocycles. The van der Waals surface area contributed by atoms with E-state index in [0.717, 1.165) is 16.5 Å². The number of hydrogen-bond donors (Lipinski definition) is 3. The maximum absolute atomic E-state index is 11.3. The smallest absolute Gasteiger partial charge is 0.352 e. The summed E-state index contributed by atoms with van der Waals surface area (Å²) in [6.07, 6.45) is 4.95. The lowest BCUT2D eigenvalue weighted by molar-refractivity contribution is 0.0690. The Hall–Kier alpha value is -1.81. The van der Waals surface area contributed by atoms with Gasteiger partial charge in [0.1, 0.15) is 5.69 Å². The summed E-state index contributed by atoms with van der Waals surface area (Å²) >= 11 is 0. The predicted octanol–water partition coefficient (Wildman–Crippen LogP) is 2.90. The monoisotopic (exact) mass is 258 g/mol. The summed E-state index contributed by atoms with van der Waals surface area (Å²) in [7, 11) is 0. The molecule has 1 fully saturated rings. The molecule has 0 spiro atoms. The first-order valence-electron chi connectivity index (χ1n) is 6.82. The molecule has 100 valence electrons. The van der Waals surface area contributed by atoms with E-state index in [1.807, 2.05) is 24.3 Å². The second kappa shape index (κ2) is 5.05. The molecule has 0 unspecified atom stereocenters. The average Bonchev–Trinajstić information content (AvgIpc) is 3.03. The van der Waals surface area contributed by atoms with Gasteiger partial charge in [0.05, 0.1) is 0 Å². The summed E-state index contributed by atoms with van der Waals surface area (Å²) in [6.45, 7) is 0.621. The number of aromatic amines is 1. The number of aromatic carboxylic acids is 1. The van der Waals surface area contributed by atoms with Crippen molar-refractivity contribution in [2.75, 3.05) is 0 Å². The standard InChI is InChI=1S/C15H18N2O2/c18-15(19)14-12(9-16-10-5-1-2-6-10)11-7-3-4-8-13(11)17-14/h3-4,7-8,10,16-17H,1-2,5-6,9H2,(H,18,19). The number of para-hydroxylation sites is 1. The van der Waals surface area contributed by atoms with Crippen molar-refractivity contribution in [2.45, 2.75) is 38.3 Å². The van der Waals surface area contributed by atoms with Gasteiger partial charge in [-0.1, -0.05) is 31.0 Å². The van der Waals surface area contributed by atoms with E-state index < -0.39 is 5.97 Å². The van der Waals surface area contributed by atoms with Crippen molar-refractivity contribution < 1.29 is 9.90 Å². The van der Waals surface area contributed by atoms with Crippen LogP contribution in [0.1, 0.15) is 41.7 Å². The van der Waals surface area contributed by atoms with Crippen LogP contribution in [0.4, 0.5) is 0 Å². The lowest BCUT2D eigenvalue weighted by Crippen LogP contribution is -2.26. The van der Waals surface area contributed by atoms with Crippen molar-refractivity contribution >= 4 is 16.9 Å². The summed E-state index contributed by atoms with van der Waals surface area (Å²) in [6, 6.07) is 8.29. The van der Waals surface area contributed by atoms with Crippen molar-refractivity contribution in [3.63, 3.8) is 0 Å². The number of carboxylic acid groups (broad SMARTS) is 1. The number of rotatable bonds is 4. The maximum atomic E-state index is 11.3. The van der Waals surface area contributed by atoms with Gasteiger partial charge in [0.2, 0.25) is 0 Å². The molecule has 19 heavy (non-hydrogen) atoms. The molecular formula is C15H18N2O2. The highest BCUT2D eigenvalue weighted by molar-refractivity contribution is 5.97. The largest absolute Gasteiger partial charge is 0.477 e. The van der Waals surface area contributed by atoms with E-state index in [1.54, 1.807) is 0 Å². The fourth-order valence-corrected chi connectivity index (χ4v) is 2.94. The van der Waals surface area contributed by atoms with E-state index in [4.69, 9.17) is 0 Å². The van der Waals surface area contributed by atoms with E-state index >= 15 is 0 Å². The summed E-state index contributed by atoms with van der Waals surface area (Å²) < 4.78 is 0. The van der Waals surface area contributed by atoms with E-state index in [1.165, 1.54) is 25.7 Å². The molecule has 1 aliphatic carbocycles. The van der Waals surface area contributed by atoms with Crippen LogP contribution in [0.5, 0.6) is 0 Å². The van der Waals surface area contributed by atoms with Gasteiger partial charge in [0, 0.05) is 29.1 Å². The molecule has 0 amide bonds. The Balaban J connectivity index is 1.90. The van der Waals surface area contributed by atoms with Gasteiger partial charge < -0.3 is 15.4 Å². The summed E-state index contributed by atoms with van der Waals surface area (Å²) in [5.41, 5.74) is 2.07. The third kappa shape index (κ3) is 2.36. The molecule has 3 rings (SSSR count). The number of aromatic nitrogens is 1. The van der Waals surface area contributed by atoms with Crippen LogP contribution in [0, 0.1) is 0 Å². The second-order valence-electron chi connectivity index (χ2n) is 5.19. The zero-order chi connectivity index (χ0) is 13.2. The van der Waals surface area contributed by atoms with Crippen LogP contribution >= 0.6 is 0 Å². The number of carbonyl (C=O) groups is 1. The fourth-order valence-electron chi connectivity index (χ4n) is 2.94. The normalized spacial score (nSPS) is 16.2. The molecule has 4 heteroatoms. The Bertz CT molecular complexity index is 597. The van der Waals surface area contributed by atoms with E-state index in [9.17, 15) is 9.90 Å². The number of fused-ring (bicyclic) bond motifs is 1. The van der Waals surface area contributed by atoms with Gasteiger partial charge in [0.25, 0.3) is 0 Å². The van der Waals surface area contributed by atoms with Crippen LogP contribution in [0.2, 0.25) is 0 Å². The number of carboxylic acids is 1. The molecule has 0 aliphatic heterocycles. The quantitative estimate of drug-likeness (QED) is 0.790. The molecule has 1 aliphatic rings. The van der Waals surface area contributed by atoms with Crippen molar-refractivity contribution in [2.24, 2.45) is 0 Å². The molecule has 0 saturated heterocycles. The lowest BCUT2D eigenvalue weighted by Gasteiger charge is -2.11. The molecular weight excluding hydrogens is 240 g/mol. The highest BCUT2D eigenvalue weighted by Gasteiger charge is 2.19. The average molecular weight is 258 g/mol. The zero-order valence-corrected chi connectivity index (χ0v) is 10.8. The van der Waals surface area contributed by atoms with Gasteiger partial charge in [-0.15, -0.1) is 0 Å². The van der Waals surface area contributed by atoms with Crippen LogP contribution in [0.25, 0.3) is 10.9 Å². The molecule has 4 nitrogen and oxygen atoms in total. The molecule has 0 atom stereocenters.